The van der Waals surface area contributed by atoms with Crippen LogP contribution in [0, 0.1) is 13.8 Å². The minimum absolute atomic E-state index is 0.0317. The predicted octanol–water partition coefficient (Wildman–Crippen LogP) is 0.865. The van der Waals surface area contributed by atoms with Gasteiger partial charge in [-0.05, 0) is 25.6 Å². The topological polar surface area (TPSA) is 76.7 Å². The number of aromatic nitrogens is 5. The van der Waals surface area contributed by atoms with Gasteiger partial charge in [0.05, 0.1) is 29.9 Å². The van der Waals surface area contributed by atoms with E-state index in [-0.39, 0.29) is 6.61 Å². The summed E-state index contributed by atoms with van der Waals surface area (Å²) >= 11 is 1.33. The molecule has 2 rings (SSSR count). The van der Waals surface area contributed by atoms with Gasteiger partial charge >= 0.3 is 0 Å². The van der Waals surface area contributed by atoms with Gasteiger partial charge in [-0.3, -0.25) is 0 Å². The molecule has 2 heterocycles. The maximum absolute atomic E-state index is 9.06. The second-order valence-electron chi connectivity index (χ2n) is 3.62. The third kappa shape index (κ3) is 2.45. The van der Waals surface area contributed by atoms with Gasteiger partial charge in [0.25, 0.3) is 0 Å². The highest BCUT2D eigenvalue weighted by atomic mass is 32.2. The van der Waals surface area contributed by atoms with E-state index in [4.69, 9.17) is 5.11 Å². The first-order valence-corrected chi connectivity index (χ1v) is 5.90. The van der Waals surface area contributed by atoms with Crippen LogP contribution in [0.2, 0.25) is 0 Å². The Hall–Kier alpha value is -1.47. The van der Waals surface area contributed by atoms with E-state index in [0.29, 0.717) is 5.16 Å². The van der Waals surface area contributed by atoms with Gasteiger partial charge < -0.3 is 9.67 Å². The molecule has 0 aromatic carbocycles. The standard InChI is InChI=1S/C10H13N5OS/c1-6-7(2)13-14-9(12-6)17-10-11-4-8(5-16)15(10)3/h4,16H,5H2,1-3H3. The average Bonchev–Trinajstić information content (AvgIpc) is 2.65. The van der Waals surface area contributed by atoms with Gasteiger partial charge in [-0.25, -0.2) is 9.97 Å². The molecule has 0 saturated carbocycles. The van der Waals surface area contributed by atoms with Crippen molar-refractivity contribution in [1.82, 2.24) is 24.7 Å². The van der Waals surface area contributed by atoms with Gasteiger partial charge in [0.1, 0.15) is 0 Å². The fourth-order valence-electron chi connectivity index (χ4n) is 1.23. The van der Waals surface area contributed by atoms with Crippen LogP contribution < -0.4 is 0 Å². The minimum Gasteiger partial charge on any atom is -0.390 e. The molecule has 0 aliphatic carbocycles. The summed E-state index contributed by atoms with van der Waals surface area (Å²) in [5.74, 6) is 0. The SMILES string of the molecule is Cc1nnc(Sc2ncc(CO)n2C)nc1C. The number of aliphatic hydroxyl groups excluding tert-OH is 1. The molecule has 90 valence electrons. The van der Waals surface area contributed by atoms with Crippen molar-refractivity contribution in [3.05, 3.63) is 23.3 Å². The smallest absolute Gasteiger partial charge is 0.217 e. The lowest BCUT2D eigenvalue weighted by atomic mass is 10.4. The zero-order chi connectivity index (χ0) is 12.4. The number of aryl methyl sites for hydroxylation is 2. The van der Waals surface area contributed by atoms with E-state index < -0.39 is 0 Å². The monoisotopic (exact) mass is 251 g/mol. The summed E-state index contributed by atoms with van der Waals surface area (Å²) in [6, 6.07) is 0. The molecule has 0 spiro atoms. The van der Waals surface area contributed by atoms with Crippen LogP contribution in [0.15, 0.2) is 16.5 Å². The largest absolute Gasteiger partial charge is 0.390 e. The molecule has 0 bridgehead atoms. The van der Waals surface area contributed by atoms with E-state index in [1.165, 1.54) is 11.8 Å². The van der Waals surface area contributed by atoms with E-state index in [1.807, 2.05) is 25.5 Å². The number of rotatable bonds is 3. The number of nitrogens with zero attached hydrogens (tertiary/aromatic N) is 5. The lowest BCUT2D eigenvalue weighted by Crippen LogP contribution is -2.00. The molecule has 0 radical (unpaired) electrons. The molecule has 0 atom stereocenters. The van der Waals surface area contributed by atoms with Gasteiger partial charge in [-0.15, -0.1) is 5.10 Å². The number of hydrogen-bond acceptors (Lipinski definition) is 6. The predicted molar refractivity (Wildman–Crippen MR) is 62.6 cm³/mol. The molecule has 7 heteroatoms. The molecule has 0 unspecified atom stereocenters. The minimum atomic E-state index is -0.0317. The fraction of sp³-hybridized carbons (Fsp3) is 0.400. The fourth-order valence-corrected chi connectivity index (χ4v) is 2.02. The maximum atomic E-state index is 9.06. The van der Waals surface area contributed by atoms with Crippen molar-refractivity contribution in [3.8, 4) is 0 Å². The summed E-state index contributed by atoms with van der Waals surface area (Å²) in [4.78, 5) is 8.51. The normalized spacial score (nSPS) is 10.8. The highest BCUT2D eigenvalue weighted by Crippen LogP contribution is 2.23. The molecular weight excluding hydrogens is 238 g/mol. The summed E-state index contributed by atoms with van der Waals surface area (Å²) < 4.78 is 1.81. The first-order chi connectivity index (χ1) is 8.11. The summed E-state index contributed by atoms with van der Waals surface area (Å²) in [7, 11) is 1.84. The van der Waals surface area contributed by atoms with Crippen LogP contribution in [0.3, 0.4) is 0 Å². The van der Waals surface area contributed by atoms with Crippen LogP contribution in [-0.4, -0.2) is 29.8 Å². The Labute approximate surface area is 103 Å². The van der Waals surface area contributed by atoms with Crippen LogP contribution in [0.25, 0.3) is 0 Å². The van der Waals surface area contributed by atoms with E-state index in [1.54, 1.807) is 6.20 Å². The average molecular weight is 251 g/mol. The van der Waals surface area contributed by atoms with E-state index >= 15 is 0 Å². The van der Waals surface area contributed by atoms with Crippen LogP contribution in [0.5, 0.6) is 0 Å². The first kappa shape index (κ1) is 12.0. The molecular formula is C10H13N5OS. The van der Waals surface area contributed by atoms with Crippen LogP contribution in [0.4, 0.5) is 0 Å². The van der Waals surface area contributed by atoms with Crippen molar-refractivity contribution in [2.24, 2.45) is 7.05 Å². The second-order valence-corrected chi connectivity index (χ2v) is 4.55. The van der Waals surface area contributed by atoms with Crippen molar-refractivity contribution >= 4 is 11.8 Å². The molecule has 0 fully saturated rings. The Bertz CT molecular complexity index is 539. The van der Waals surface area contributed by atoms with Gasteiger partial charge in [0, 0.05) is 7.05 Å². The highest BCUT2D eigenvalue weighted by molar-refractivity contribution is 7.99. The van der Waals surface area contributed by atoms with Gasteiger partial charge in [0.15, 0.2) is 5.16 Å². The van der Waals surface area contributed by atoms with Crippen LogP contribution in [0.1, 0.15) is 17.1 Å². The lowest BCUT2D eigenvalue weighted by molar-refractivity contribution is 0.271. The molecule has 2 aromatic rings. The third-order valence-corrected chi connectivity index (χ3v) is 3.38. The van der Waals surface area contributed by atoms with Crippen molar-refractivity contribution in [2.45, 2.75) is 30.8 Å². The van der Waals surface area contributed by atoms with Crippen molar-refractivity contribution in [3.63, 3.8) is 0 Å². The highest BCUT2D eigenvalue weighted by Gasteiger charge is 2.10. The Morgan fingerprint density at radius 3 is 2.65 bits per heavy atom. The van der Waals surface area contributed by atoms with Crippen molar-refractivity contribution in [2.75, 3.05) is 0 Å². The molecule has 0 saturated heterocycles. The molecule has 0 aliphatic heterocycles. The number of hydrogen-bond donors (Lipinski definition) is 1. The Balaban J connectivity index is 2.25. The van der Waals surface area contributed by atoms with E-state index in [0.717, 1.165) is 22.2 Å². The van der Waals surface area contributed by atoms with E-state index in [9.17, 15) is 0 Å². The van der Waals surface area contributed by atoms with Crippen LogP contribution in [-0.2, 0) is 13.7 Å². The van der Waals surface area contributed by atoms with Gasteiger partial charge in [-0.2, -0.15) is 5.10 Å². The van der Waals surface area contributed by atoms with Gasteiger partial charge in [0.2, 0.25) is 5.16 Å². The molecule has 17 heavy (non-hydrogen) atoms. The molecule has 1 N–H and O–H groups in total. The Morgan fingerprint density at radius 2 is 2.06 bits per heavy atom. The van der Waals surface area contributed by atoms with Crippen molar-refractivity contribution < 1.29 is 5.11 Å². The zero-order valence-corrected chi connectivity index (χ0v) is 10.7. The number of aliphatic hydroxyl groups is 1. The Kier molecular flexibility index (Phi) is 3.39. The van der Waals surface area contributed by atoms with Crippen LogP contribution >= 0.6 is 11.8 Å². The molecule has 2 aromatic heterocycles. The summed E-state index contributed by atoms with van der Waals surface area (Å²) in [6.07, 6.45) is 1.64. The summed E-state index contributed by atoms with van der Waals surface area (Å²) in [6.45, 7) is 3.73. The van der Waals surface area contributed by atoms with Crippen molar-refractivity contribution in [1.29, 1.82) is 0 Å². The number of imidazole rings is 1. The summed E-state index contributed by atoms with van der Waals surface area (Å²) in [5.41, 5.74) is 2.44. The zero-order valence-electron chi connectivity index (χ0n) is 9.88. The molecule has 0 aliphatic rings. The lowest BCUT2D eigenvalue weighted by Gasteiger charge is -2.03. The maximum Gasteiger partial charge on any atom is 0.217 e. The first-order valence-electron chi connectivity index (χ1n) is 5.09. The Morgan fingerprint density at radius 1 is 1.29 bits per heavy atom. The second kappa shape index (κ2) is 4.80. The molecule has 6 nitrogen and oxygen atoms in total. The molecule has 0 amide bonds. The van der Waals surface area contributed by atoms with Gasteiger partial charge in [-0.1, -0.05) is 0 Å². The quantitative estimate of drug-likeness (QED) is 0.872. The third-order valence-electron chi connectivity index (χ3n) is 2.46. The summed E-state index contributed by atoms with van der Waals surface area (Å²) in [5, 5.41) is 18.4. The van der Waals surface area contributed by atoms with E-state index in [2.05, 4.69) is 20.2 Å².